The predicted octanol–water partition coefficient (Wildman–Crippen LogP) is 4.19. The Morgan fingerprint density at radius 3 is 2.52 bits per heavy atom. The Kier molecular flexibility index (Phi) is 4.78. The first-order chi connectivity index (χ1) is 10.0. The first-order valence-corrected chi connectivity index (χ1v) is 7.35. The number of nitrogens with zero attached hydrogens (tertiary/aromatic N) is 2. The van der Waals surface area contributed by atoms with Gasteiger partial charge in [0.25, 0.3) is 0 Å². The molecule has 0 spiro atoms. The van der Waals surface area contributed by atoms with Crippen molar-refractivity contribution in [1.82, 2.24) is 9.97 Å². The normalized spacial score (nSPS) is 10.5. The number of anilines is 1. The molecular weight excluding hydrogens is 262 g/mol. The summed E-state index contributed by atoms with van der Waals surface area (Å²) in [5.74, 6) is 3.11. The number of aryl methyl sites for hydroxylation is 3. The fourth-order valence-corrected chi connectivity index (χ4v) is 2.24. The van der Waals surface area contributed by atoms with Gasteiger partial charge in [-0.25, -0.2) is 4.98 Å². The summed E-state index contributed by atoms with van der Waals surface area (Å²) in [6.07, 6.45) is 1.85. The molecule has 2 aromatic rings. The number of ether oxygens (including phenoxy) is 1. The summed E-state index contributed by atoms with van der Waals surface area (Å²) in [6.45, 7) is 8.21. The SMILES string of the molecule is CCCc1nc(NC)c(C)c(Oc2ccc(C)cc2C)n1. The Morgan fingerprint density at radius 2 is 1.90 bits per heavy atom. The van der Waals surface area contributed by atoms with Crippen LogP contribution in [0.5, 0.6) is 11.6 Å². The highest BCUT2D eigenvalue weighted by Crippen LogP contribution is 2.29. The molecule has 0 radical (unpaired) electrons. The summed E-state index contributed by atoms with van der Waals surface area (Å²) in [5.41, 5.74) is 3.26. The quantitative estimate of drug-likeness (QED) is 0.895. The third-order valence-corrected chi connectivity index (χ3v) is 3.39. The smallest absolute Gasteiger partial charge is 0.227 e. The van der Waals surface area contributed by atoms with Crippen LogP contribution in [-0.2, 0) is 6.42 Å². The highest BCUT2D eigenvalue weighted by atomic mass is 16.5. The topological polar surface area (TPSA) is 47.0 Å². The molecule has 0 aliphatic carbocycles. The molecule has 1 aromatic heterocycles. The Labute approximate surface area is 126 Å². The summed E-state index contributed by atoms with van der Waals surface area (Å²) in [6, 6.07) is 6.15. The van der Waals surface area contributed by atoms with E-state index in [2.05, 4.69) is 35.2 Å². The van der Waals surface area contributed by atoms with Crippen LogP contribution < -0.4 is 10.1 Å². The average molecular weight is 285 g/mol. The molecule has 0 saturated heterocycles. The van der Waals surface area contributed by atoms with Gasteiger partial charge in [0, 0.05) is 13.5 Å². The molecule has 0 bridgehead atoms. The molecule has 0 aliphatic rings. The summed E-state index contributed by atoms with van der Waals surface area (Å²) >= 11 is 0. The Hall–Kier alpha value is -2.10. The lowest BCUT2D eigenvalue weighted by Crippen LogP contribution is -2.05. The largest absolute Gasteiger partial charge is 0.438 e. The third-order valence-electron chi connectivity index (χ3n) is 3.39. The highest BCUT2D eigenvalue weighted by molar-refractivity contribution is 5.50. The molecule has 0 saturated carbocycles. The molecule has 0 unspecified atom stereocenters. The molecule has 1 N–H and O–H groups in total. The molecule has 0 aliphatic heterocycles. The number of nitrogens with one attached hydrogen (secondary N) is 1. The Balaban J connectivity index is 2.40. The minimum absolute atomic E-state index is 0.629. The minimum Gasteiger partial charge on any atom is -0.438 e. The Bertz CT molecular complexity index is 638. The van der Waals surface area contributed by atoms with E-state index in [1.165, 1.54) is 5.56 Å². The van der Waals surface area contributed by atoms with Crippen LogP contribution in [0.2, 0.25) is 0 Å². The van der Waals surface area contributed by atoms with Gasteiger partial charge in [0.05, 0.1) is 5.56 Å². The van der Waals surface area contributed by atoms with E-state index in [1.807, 2.05) is 33.0 Å². The first kappa shape index (κ1) is 15.3. The van der Waals surface area contributed by atoms with E-state index in [0.717, 1.165) is 41.4 Å². The molecule has 112 valence electrons. The van der Waals surface area contributed by atoms with Gasteiger partial charge in [0.2, 0.25) is 5.88 Å². The van der Waals surface area contributed by atoms with Crippen LogP contribution in [0, 0.1) is 20.8 Å². The predicted molar refractivity (Wildman–Crippen MR) is 86.3 cm³/mol. The van der Waals surface area contributed by atoms with Crippen molar-refractivity contribution in [2.24, 2.45) is 0 Å². The maximum atomic E-state index is 6.03. The van der Waals surface area contributed by atoms with E-state index < -0.39 is 0 Å². The summed E-state index contributed by atoms with van der Waals surface area (Å²) in [5, 5.41) is 3.11. The van der Waals surface area contributed by atoms with Gasteiger partial charge < -0.3 is 10.1 Å². The van der Waals surface area contributed by atoms with Crippen LogP contribution in [0.3, 0.4) is 0 Å². The van der Waals surface area contributed by atoms with E-state index >= 15 is 0 Å². The van der Waals surface area contributed by atoms with Gasteiger partial charge in [-0.3, -0.25) is 0 Å². The van der Waals surface area contributed by atoms with E-state index in [4.69, 9.17) is 4.74 Å². The molecule has 0 atom stereocenters. The third kappa shape index (κ3) is 3.51. The van der Waals surface area contributed by atoms with Gasteiger partial charge >= 0.3 is 0 Å². The van der Waals surface area contributed by atoms with Crippen LogP contribution in [0.15, 0.2) is 18.2 Å². The van der Waals surface area contributed by atoms with Crippen molar-refractivity contribution >= 4 is 5.82 Å². The molecular formula is C17H23N3O. The van der Waals surface area contributed by atoms with Gasteiger partial charge in [-0.15, -0.1) is 0 Å². The molecule has 0 fully saturated rings. The van der Waals surface area contributed by atoms with E-state index in [0.29, 0.717) is 5.88 Å². The minimum atomic E-state index is 0.629. The average Bonchev–Trinajstić information content (AvgIpc) is 2.45. The van der Waals surface area contributed by atoms with Gasteiger partial charge in [-0.2, -0.15) is 4.98 Å². The zero-order chi connectivity index (χ0) is 15.4. The fourth-order valence-electron chi connectivity index (χ4n) is 2.24. The van der Waals surface area contributed by atoms with Crippen LogP contribution in [0.25, 0.3) is 0 Å². The zero-order valence-electron chi connectivity index (χ0n) is 13.4. The monoisotopic (exact) mass is 285 g/mol. The van der Waals surface area contributed by atoms with Crippen molar-refractivity contribution in [2.45, 2.75) is 40.5 Å². The maximum absolute atomic E-state index is 6.03. The Morgan fingerprint density at radius 1 is 1.14 bits per heavy atom. The van der Waals surface area contributed by atoms with E-state index in [9.17, 15) is 0 Å². The van der Waals surface area contributed by atoms with Gasteiger partial charge in [0.15, 0.2) is 0 Å². The van der Waals surface area contributed by atoms with Crippen LogP contribution in [-0.4, -0.2) is 17.0 Å². The fraction of sp³-hybridized carbons (Fsp3) is 0.412. The van der Waals surface area contributed by atoms with E-state index in [1.54, 1.807) is 0 Å². The molecule has 1 heterocycles. The van der Waals surface area contributed by atoms with Crippen LogP contribution >= 0.6 is 0 Å². The van der Waals surface area contributed by atoms with Gasteiger partial charge in [0.1, 0.15) is 17.4 Å². The lowest BCUT2D eigenvalue weighted by molar-refractivity contribution is 0.451. The molecule has 4 nitrogen and oxygen atoms in total. The molecule has 4 heteroatoms. The van der Waals surface area contributed by atoms with Crippen molar-refractivity contribution in [3.05, 3.63) is 40.7 Å². The van der Waals surface area contributed by atoms with Crippen LogP contribution in [0.1, 0.15) is 35.9 Å². The number of hydrogen-bond acceptors (Lipinski definition) is 4. The first-order valence-electron chi connectivity index (χ1n) is 7.35. The lowest BCUT2D eigenvalue weighted by Gasteiger charge is -2.14. The molecule has 0 amide bonds. The summed E-state index contributed by atoms with van der Waals surface area (Å²) in [4.78, 5) is 9.07. The second kappa shape index (κ2) is 6.57. The second-order valence-electron chi connectivity index (χ2n) is 5.29. The summed E-state index contributed by atoms with van der Waals surface area (Å²) < 4.78 is 6.03. The summed E-state index contributed by atoms with van der Waals surface area (Å²) in [7, 11) is 1.87. The van der Waals surface area contributed by atoms with Gasteiger partial charge in [-0.05, 0) is 38.8 Å². The standard InChI is InChI=1S/C17H23N3O/c1-6-7-15-19-16(18-5)13(4)17(20-15)21-14-9-8-11(2)10-12(14)3/h8-10H,6-7H2,1-5H3,(H,18,19,20). The van der Waals surface area contributed by atoms with Crippen molar-refractivity contribution in [2.75, 3.05) is 12.4 Å². The number of hydrogen-bond donors (Lipinski definition) is 1. The maximum Gasteiger partial charge on any atom is 0.227 e. The van der Waals surface area contributed by atoms with Crippen molar-refractivity contribution in [3.8, 4) is 11.6 Å². The second-order valence-corrected chi connectivity index (χ2v) is 5.29. The van der Waals surface area contributed by atoms with Crippen molar-refractivity contribution in [3.63, 3.8) is 0 Å². The van der Waals surface area contributed by atoms with Crippen LogP contribution in [0.4, 0.5) is 5.82 Å². The zero-order valence-corrected chi connectivity index (χ0v) is 13.4. The number of benzene rings is 1. The molecule has 2 rings (SSSR count). The molecule has 1 aromatic carbocycles. The van der Waals surface area contributed by atoms with Crippen molar-refractivity contribution < 1.29 is 4.74 Å². The number of rotatable bonds is 5. The lowest BCUT2D eigenvalue weighted by atomic mass is 10.1. The van der Waals surface area contributed by atoms with Gasteiger partial charge in [-0.1, -0.05) is 24.6 Å². The number of aromatic nitrogens is 2. The van der Waals surface area contributed by atoms with Crippen molar-refractivity contribution in [1.29, 1.82) is 0 Å². The molecule has 21 heavy (non-hydrogen) atoms. The highest BCUT2D eigenvalue weighted by Gasteiger charge is 2.12. The van der Waals surface area contributed by atoms with E-state index in [-0.39, 0.29) is 0 Å².